The summed E-state index contributed by atoms with van der Waals surface area (Å²) in [5.41, 5.74) is 1.33. The van der Waals surface area contributed by atoms with Crippen LogP contribution in [0.4, 0.5) is 0 Å². The van der Waals surface area contributed by atoms with Crippen LogP contribution in [0, 0.1) is 0 Å². The zero-order chi connectivity index (χ0) is 16.7. The molecule has 2 heterocycles. The van der Waals surface area contributed by atoms with Gasteiger partial charge in [0, 0.05) is 35.6 Å². The first-order valence-corrected chi connectivity index (χ1v) is 10.5. The number of hydrogen-bond acceptors (Lipinski definition) is 4. The molecule has 0 amide bonds. The van der Waals surface area contributed by atoms with E-state index in [4.69, 9.17) is 9.98 Å². The fourth-order valence-electron chi connectivity index (χ4n) is 2.38. The van der Waals surface area contributed by atoms with Gasteiger partial charge < -0.3 is 10.6 Å². The molecule has 23 heavy (non-hydrogen) atoms. The monoisotopic (exact) mass is 354 g/mol. The highest BCUT2D eigenvalue weighted by Crippen LogP contribution is 2.26. The van der Waals surface area contributed by atoms with Crippen molar-refractivity contribution >= 4 is 29.1 Å². The van der Waals surface area contributed by atoms with Crippen LogP contribution in [0.3, 0.4) is 0 Å². The van der Waals surface area contributed by atoms with Crippen LogP contribution in [0.1, 0.15) is 51.2 Å². The van der Waals surface area contributed by atoms with E-state index in [9.17, 15) is 0 Å². The SMILES string of the molecule is CCNC(=NCC1CCCS1)NCCc1nc(C(C)(C)C)cs1. The molecule has 0 radical (unpaired) electrons. The molecular weight excluding hydrogens is 324 g/mol. The first-order valence-electron chi connectivity index (χ1n) is 8.57. The Hall–Kier alpha value is -0.750. The number of thioether (sulfide) groups is 1. The molecular formula is C17H30N4S2. The number of aromatic nitrogens is 1. The minimum Gasteiger partial charge on any atom is -0.357 e. The van der Waals surface area contributed by atoms with E-state index in [1.54, 1.807) is 11.3 Å². The van der Waals surface area contributed by atoms with Gasteiger partial charge in [-0.1, -0.05) is 20.8 Å². The Kier molecular flexibility index (Phi) is 7.21. The van der Waals surface area contributed by atoms with E-state index in [0.717, 1.165) is 32.0 Å². The lowest BCUT2D eigenvalue weighted by Crippen LogP contribution is -2.38. The van der Waals surface area contributed by atoms with Gasteiger partial charge in [-0.3, -0.25) is 4.99 Å². The number of nitrogens with zero attached hydrogens (tertiary/aromatic N) is 2. The summed E-state index contributed by atoms with van der Waals surface area (Å²) in [5.74, 6) is 2.23. The van der Waals surface area contributed by atoms with E-state index in [2.05, 4.69) is 55.5 Å². The summed E-state index contributed by atoms with van der Waals surface area (Å²) < 4.78 is 0. The quantitative estimate of drug-likeness (QED) is 0.607. The average Bonchev–Trinajstić information content (AvgIpc) is 3.15. The van der Waals surface area contributed by atoms with Gasteiger partial charge in [-0.25, -0.2) is 4.98 Å². The highest BCUT2D eigenvalue weighted by molar-refractivity contribution is 8.00. The van der Waals surface area contributed by atoms with Gasteiger partial charge in [0.25, 0.3) is 0 Å². The van der Waals surface area contributed by atoms with Crippen molar-refractivity contribution in [3.05, 3.63) is 16.1 Å². The second-order valence-corrected chi connectivity index (χ2v) is 9.26. The molecule has 1 atom stereocenters. The van der Waals surface area contributed by atoms with E-state index in [1.165, 1.54) is 29.3 Å². The first kappa shape index (κ1) is 18.6. The highest BCUT2D eigenvalue weighted by atomic mass is 32.2. The number of hydrogen-bond donors (Lipinski definition) is 2. The summed E-state index contributed by atoms with van der Waals surface area (Å²) >= 11 is 3.82. The van der Waals surface area contributed by atoms with Crippen molar-refractivity contribution < 1.29 is 0 Å². The van der Waals surface area contributed by atoms with Gasteiger partial charge >= 0.3 is 0 Å². The molecule has 0 aromatic carbocycles. The molecule has 1 aromatic heterocycles. The van der Waals surface area contributed by atoms with Gasteiger partial charge in [-0.05, 0) is 25.5 Å². The summed E-state index contributed by atoms with van der Waals surface area (Å²) in [5, 5.41) is 10.9. The second kappa shape index (κ2) is 8.92. The Bertz CT molecular complexity index is 499. The van der Waals surface area contributed by atoms with Crippen LogP contribution in [-0.2, 0) is 11.8 Å². The van der Waals surface area contributed by atoms with Crippen molar-refractivity contribution in [1.82, 2.24) is 15.6 Å². The van der Waals surface area contributed by atoms with Crippen LogP contribution >= 0.6 is 23.1 Å². The van der Waals surface area contributed by atoms with E-state index in [-0.39, 0.29) is 5.41 Å². The van der Waals surface area contributed by atoms with Crippen LogP contribution in [-0.4, -0.2) is 41.6 Å². The van der Waals surface area contributed by atoms with Crippen LogP contribution in [0.2, 0.25) is 0 Å². The van der Waals surface area contributed by atoms with Crippen molar-refractivity contribution in [1.29, 1.82) is 0 Å². The number of rotatable bonds is 6. The Balaban J connectivity index is 1.79. The molecule has 4 nitrogen and oxygen atoms in total. The Morgan fingerprint density at radius 2 is 2.22 bits per heavy atom. The third kappa shape index (κ3) is 6.34. The Labute approximate surface area is 149 Å². The van der Waals surface area contributed by atoms with Crippen LogP contribution in [0.25, 0.3) is 0 Å². The number of aliphatic imine (C=N–C) groups is 1. The molecule has 1 aromatic rings. The largest absolute Gasteiger partial charge is 0.357 e. The second-order valence-electron chi connectivity index (χ2n) is 6.91. The maximum absolute atomic E-state index is 4.75. The van der Waals surface area contributed by atoms with Crippen molar-refractivity contribution in [2.45, 2.75) is 57.6 Å². The van der Waals surface area contributed by atoms with Crippen molar-refractivity contribution in [3.8, 4) is 0 Å². The van der Waals surface area contributed by atoms with Crippen molar-refractivity contribution in [3.63, 3.8) is 0 Å². The standard InChI is InChI=1S/C17H30N4S2/c1-5-18-16(20-11-13-7-6-10-22-13)19-9-8-15-21-14(12-23-15)17(2,3)4/h12-13H,5-11H2,1-4H3,(H2,18,19,20). The lowest BCUT2D eigenvalue weighted by atomic mass is 9.93. The minimum atomic E-state index is 0.136. The lowest BCUT2D eigenvalue weighted by Gasteiger charge is -2.14. The molecule has 0 aliphatic carbocycles. The summed E-state index contributed by atoms with van der Waals surface area (Å²) in [6, 6.07) is 0. The molecule has 1 fully saturated rings. The molecule has 6 heteroatoms. The summed E-state index contributed by atoms with van der Waals surface area (Å²) in [7, 11) is 0. The first-order chi connectivity index (χ1) is 11.0. The molecule has 1 unspecified atom stereocenters. The van der Waals surface area contributed by atoms with Gasteiger partial charge in [0.2, 0.25) is 0 Å². The molecule has 0 spiro atoms. The van der Waals surface area contributed by atoms with E-state index >= 15 is 0 Å². The van der Waals surface area contributed by atoms with Crippen LogP contribution < -0.4 is 10.6 Å². The van der Waals surface area contributed by atoms with Crippen LogP contribution in [0.5, 0.6) is 0 Å². The summed E-state index contributed by atoms with van der Waals surface area (Å²) in [6.45, 7) is 11.4. The van der Waals surface area contributed by atoms with E-state index in [1.807, 2.05) is 0 Å². The predicted molar refractivity (Wildman–Crippen MR) is 104 cm³/mol. The Morgan fingerprint density at radius 1 is 1.39 bits per heavy atom. The topological polar surface area (TPSA) is 49.3 Å². The van der Waals surface area contributed by atoms with Gasteiger partial charge in [0.1, 0.15) is 0 Å². The summed E-state index contributed by atoms with van der Waals surface area (Å²) in [6.07, 6.45) is 3.60. The molecule has 1 aliphatic heterocycles. The fraction of sp³-hybridized carbons (Fsp3) is 0.765. The zero-order valence-corrected chi connectivity index (χ0v) is 16.4. The highest BCUT2D eigenvalue weighted by Gasteiger charge is 2.17. The number of thiazole rings is 1. The maximum Gasteiger partial charge on any atom is 0.191 e. The molecule has 0 saturated carbocycles. The molecule has 130 valence electrons. The third-order valence-corrected chi connectivity index (χ3v) is 6.06. The smallest absolute Gasteiger partial charge is 0.191 e. The fourth-order valence-corrected chi connectivity index (χ4v) is 4.59. The van der Waals surface area contributed by atoms with Gasteiger partial charge in [-0.2, -0.15) is 11.8 Å². The normalized spacial score (nSPS) is 19.1. The molecule has 2 rings (SSSR count). The molecule has 1 saturated heterocycles. The molecule has 2 N–H and O–H groups in total. The van der Waals surface area contributed by atoms with E-state index < -0.39 is 0 Å². The van der Waals surface area contributed by atoms with E-state index in [0.29, 0.717) is 5.25 Å². The third-order valence-electron chi connectivity index (χ3n) is 3.77. The molecule has 0 bridgehead atoms. The lowest BCUT2D eigenvalue weighted by molar-refractivity contribution is 0.570. The minimum absolute atomic E-state index is 0.136. The number of nitrogens with one attached hydrogen (secondary N) is 2. The Morgan fingerprint density at radius 3 is 2.83 bits per heavy atom. The zero-order valence-electron chi connectivity index (χ0n) is 14.8. The van der Waals surface area contributed by atoms with Gasteiger partial charge in [0.15, 0.2) is 5.96 Å². The maximum atomic E-state index is 4.75. The molecule has 1 aliphatic rings. The van der Waals surface area contributed by atoms with Crippen molar-refractivity contribution in [2.24, 2.45) is 4.99 Å². The van der Waals surface area contributed by atoms with Crippen LogP contribution in [0.15, 0.2) is 10.4 Å². The van der Waals surface area contributed by atoms with Gasteiger partial charge in [-0.15, -0.1) is 11.3 Å². The average molecular weight is 355 g/mol. The van der Waals surface area contributed by atoms with Gasteiger partial charge in [0.05, 0.1) is 17.2 Å². The summed E-state index contributed by atoms with van der Waals surface area (Å²) in [4.78, 5) is 9.48. The predicted octanol–water partition coefficient (Wildman–Crippen LogP) is 3.43. The van der Waals surface area contributed by atoms with Crippen molar-refractivity contribution in [2.75, 3.05) is 25.4 Å². The number of guanidine groups is 1.